The molecule has 4 nitrogen and oxygen atoms in total. The van der Waals surface area contributed by atoms with Crippen molar-refractivity contribution in [2.75, 3.05) is 20.2 Å². The highest BCUT2D eigenvalue weighted by Crippen LogP contribution is 2.17. The Bertz CT molecular complexity index is 343. The number of aliphatic hydroxyl groups excluding tert-OH is 1. The molecule has 0 saturated carbocycles. The predicted molar refractivity (Wildman–Crippen MR) is 60.4 cm³/mol. The summed E-state index contributed by atoms with van der Waals surface area (Å²) >= 11 is 0. The van der Waals surface area contributed by atoms with E-state index in [9.17, 15) is 5.11 Å². The van der Waals surface area contributed by atoms with Gasteiger partial charge in [0.15, 0.2) is 0 Å². The third-order valence-electron chi connectivity index (χ3n) is 2.63. The van der Waals surface area contributed by atoms with Gasteiger partial charge in [-0.15, -0.1) is 0 Å². The van der Waals surface area contributed by atoms with E-state index in [1.54, 1.807) is 7.11 Å². The predicted octanol–water partition coefficient (Wildman–Crippen LogP) is 0.544. The van der Waals surface area contributed by atoms with Crippen molar-refractivity contribution in [2.24, 2.45) is 0 Å². The van der Waals surface area contributed by atoms with Crippen molar-refractivity contribution in [3.8, 4) is 5.75 Å². The molecular weight excluding hydrogens is 206 g/mol. The minimum atomic E-state index is -0.425. The lowest BCUT2D eigenvalue weighted by Crippen LogP contribution is -2.29. The van der Waals surface area contributed by atoms with Crippen molar-refractivity contribution in [1.29, 1.82) is 0 Å². The molecule has 2 unspecified atom stereocenters. The molecule has 2 atom stereocenters. The van der Waals surface area contributed by atoms with Crippen molar-refractivity contribution in [3.63, 3.8) is 0 Å². The van der Waals surface area contributed by atoms with Crippen LogP contribution in [0.3, 0.4) is 0 Å². The summed E-state index contributed by atoms with van der Waals surface area (Å²) in [6.07, 6.45) is -0.580. The van der Waals surface area contributed by atoms with E-state index >= 15 is 0 Å². The minimum absolute atomic E-state index is 0.155. The number of nitrogens with one attached hydrogen (secondary N) is 1. The molecule has 0 bridgehead atoms. The first kappa shape index (κ1) is 11.4. The van der Waals surface area contributed by atoms with Crippen LogP contribution in [0, 0.1) is 0 Å². The van der Waals surface area contributed by atoms with Gasteiger partial charge in [0.2, 0.25) is 0 Å². The van der Waals surface area contributed by atoms with Gasteiger partial charge < -0.3 is 19.9 Å². The molecule has 0 aromatic heterocycles. The maximum absolute atomic E-state index is 9.61. The molecule has 1 heterocycles. The van der Waals surface area contributed by atoms with Gasteiger partial charge in [-0.2, -0.15) is 0 Å². The number of methoxy groups -OCH3 is 1. The lowest BCUT2D eigenvalue weighted by molar-refractivity contribution is 0.0735. The molecule has 0 aliphatic carbocycles. The lowest BCUT2D eigenvalue weighted by Gasteiger charge is -2.16. The summed E-state index contributed by atoms with van der Waals surface area (Å²) in [5.41, 5.74) is 1.07. The van der Waals surface area contributed by atoms with Gasteiger partial charge in [-0.25, -0.2) is 0 Å². The standard InChI is InChI=1S/C12H17NO3/c1-15-8-9-3-2-4-10(5-9)16-12-7-13-6-11(12)14/h2-5,11-14H,6-8H2,1H3. The van der Waals surface area contributed by atoms with Gasteiger partial charge in [0.25, 0.3) is 0 Å². The molecule has 0 amide bonds. The van der Waals surface area contributed by atoms with Crippen LogP contribution in [0.2, 0.25) is 0 Å². The SMILES string of the molecule is COCc1cccc(OC2CNCC2O)c1. The van der Waals surface area contributed by atoms with Crippen molar-refractivity contribution in [3.05, 3.63) is 29.8 Å². The molecule has 1 fully saturated rings. The summed E-state index contributed by atoms with van der Waals surface area (Å²) in [5.74, 6) is 0.780. The first-order chi connectivity index (χ1) is 7.79. The summed E-state index contributed by atoms with van der Waals surface area (Å²) in [5, 5.41) is 12.7. The van der Waals surface area contributed by atoms with Crippen LogP contribution in [0.15, 0.2) is 24.3 Å². The molecule has 1 aliphatic heterocycles. The molecule has 1 aromatic rings. The molecule has 0 radical (unpaired) electrons. The second-order valence-corrected chi connectivity index (χ2v) is 3.96. The smallest absolute Gasteiger partial charge is 0.138 e. The maximum atomic E-state index is 9.61. The highest BCUT2D eigenvalue weighted by molar-refractivity contribution is 5.28. The zero-order valence-corrected chi connectivity index (χ0v) is 9.35. The first-order valence-electron chi connectivity index (χ1n) is 5.43. The normalized spacial score (nSPS) is 24.6. The van der Waals surface area contributed by atoms with E-state index in [1.807, 2.05) is 24.3 Å². The fourth-order valence-electron chi connectivity index (χ4n) is 1.81. The maximum Gasteiger partial charge on any atom is 0.138 e. The van der Waals surface area contributed by atoms with E-state index in [0.717, 1.165) is 11.3 Å². The van der Waals surface area contributed by atoms with E-state index in [2.05, 4.69) is 5.32 Å². The largest absolute Gasteiger partial charge is 0.486 e. The van der Waals surface area contributed by atoms with E-state index in [4.69, 9.17) is 9.47 Å². The minimum Gasteiger partial charge on any atom is -0.486 e. The second-order valence-electron chi connectivity index (χ2n) is 3.96. The average molecular weight is 223 g/mol. The van der Waals surface area contributed by atoms with Gasteiger partial charge in [-0.3, -0.25) is 0 Å². The zero-order valence-electron chi connectivity index (χ0n) is 9.35. The van der Waals surface area contributed by atoms with Crippen molar-refractivity contribution < 1.29 is 14.6 Å². The third-order valence-corrected chi connectivity index (χ3v) is 2.63. The van der Waals surface area contributed by atoms with E-state index in [0.29, 0.717) is 19.7 Å². The molecule has 16 heavy (non-hydrogen) atoms. The first-order valence-corrected chi connectivity index (χ1v) is 5.43. The summed E-state index contributed by atoms with van der Waals surface area (Å²) < 4.78 is 10.8. The number of β-amino-alcohol motifs (C(OH)–C–C–N with tert-alkyl or cyclic N) is 1. The third kappa shape index (κ3) is 2.72. The second kappa shape index (κ2) is 5.30. The number of ether oxygens (including phenoxy) is 2. The van der Waals surface area contributed by atoms with Gasteiger partial charge in [0, 0.05) is 20.2 Å². The zero-order chi connectivity index (χ0) is 11.4. The van der Waals surface area contributed by atoms with Gasteiger partial charge in [-0.1, -0.05) is 12.1 Å². The van der Waals surface area contributed by atoms with Crippen LogP contribution in [-0.4, -0.2) is 37.5 Å². The van der Waals surface area contributed by atoms with Crippen LogP contribution in [0.1, 0.15) is 5.56 Å². The molecular formula is C12H17NO3. The van der Waals surface area contributed by atoms with Crippen LogP contribution >= 0.6 is 0 Å². The number of hydrogen-bond donors (Lipinski definition) is 2. The van der Waals surface area contributed by atoms with Gasteiger partial charge in [0.05, 0.1) is 6.61 Å². The molecule has 0 spiro atoms. The highest BCUT2D eigenvalue weighted by Gasteiger charge is 2.26. The fourth-order valence-corrected chi connectivity index (χ4v) is 1.81. The Hall–Kier alpha value is -1.10. The van der Waals surface area contributed by atoms with Crippen LogP contribution in [0.5, 0.6) is 5.75 Å². The Labute approximate surface area is 95.2 Å². The van der Waals surface area contributed by atoms with Crippen molar-refractivity contribution in [2.45, 2.75) is 18.8 Å². The molecule has 4 heteroatoms. The Kier molecular flexibility index (Phi) is 3.77. The average Bonchev–Trinajstić information content (AvgIpc) is 2.66. The van der Waals surface area contributed by atoms with E-state index in [-0.39, 0.29) is 6.10 Å². The molecule has 88 valence electrons. The molecule has 1 aromatic carbocycles. The van der Waals surface area contributed by atoms with E-state index in [1.165, 1.54) is 0 Å². The van der Waals surface area contributed by atoms with Gasteiger partial charge >= 0.3 is 0 Å². The lowest BCUT2D eigenvalue weighted by atomic mass is 10.2. The number of rotatable bonds is 4. The number of hydrogen-bond acceptors (Lipinski definition) is 4. The molecule has 1 saturated heterocycles. The fraction of sp³-hybridized carbons (Fsp3) is 0.500. The number of benzene rings is 1. The highest BCUT2D eigenvalue weighted by atomic mass is 16.5. The summed E-state index contributed by atoms with van der Waals surface area (Å²) in [6, 6.07) is 7.75. The van der Waals surface area contributed by atoms with Crippen molar-refractivity contribution in [1.82, 2.24) is 5.32 Å². The summed E-state index contributed by atoms with van der Waals surface area (Å²) in [4.78, 5) is 0. The Morgan fingerprint density at radius 2 is 2.31 bits per heavy atom. The Balaban J connectivity index is 2.00. The monoisotopic (exact) mass is 223 g/mol. The Morgan fingerprint density at radius 1 is 1.44 bits per heavy atom. The Morgan fingerprint density at radius 3 is 3.00 bits per heavy atom. The van der Waals surface area contributed by atoms with Crippen LogP contribution in [0.4, 0.5) is 0 Å². The topological polar surface area (TPSA) is 50.7 Å². The van der Waals surface area contributed by atoms with Crippen molar-refractivity contribution >= 4 is 0 Å². The molecule has 2 N–H and O–H groups in total. The quantitative estimate of drug-likeness (QED) is 0.782. The van der Waals surface area contributed by atoms with Gasteiger partial charge in [-0.05, 0) is 17.7 Å². The summed E-state index contributed by atoms with van der Waals surface area (Å²) in [6.45, 7) is 1.86. The summed E-state index contributed by atoms with van der Waals surface area (Å²) in [7, 11) is 1.66. The molecule has 2 rings (SSSR count). The van der Waals surface area contributed by atoms with E-state index < -0.39 is 6.10 Å². The van der Waals surface area contributed by atoms with Gasteiger partial charge in [0.1, 0.15) is 18.0 Å². The van der Waals surface area contributed by atoms with Crippen LogP contribution in [0.25, 0.3) is 0 Å². The van der Waals surface area contributed by atoms with Crippen LogP contribution < -0.4 is 10.1 Å². The number of aliphatic hydroxyl groups is 1. The van der Waals surface area contributed by atoms with Crippen LogP contribution in [-0.2, 0) is 11.3 Å². The molecule has 1 aliphatic rings.